The number of amides is 4. The molecule has 0 unspecified atom stereocenters. The van der Waals surface area contributed by atoms with Crippen molar-refractivity contribution < 1.29 is 32.7 Å². The summed E-state index contributed by atoms with van der Waals surface area (Å²) in [6, 6.07) is 10.0. The number of piperidine rings is 2. The first-order valence-corrected chi connectivity index (χ1v) is 18.0. The molecule has 4 aliphatic rings. The Bertz CT molecular complexity index is 1550. The summed E-state index contributed by atoms with van der Waals surface area (Å²) in [5, 5.41) is 12.6. The maximum absolute atomic E-state index is 14.1. The lowest BCUT2D eigenvalue weighted by Gasteiger charge is -2.43. The third-order valence-electron chi connectivity index (χ3n) is 10.9. The van der Waals surface area contributed by atoms with Crippen LogP contribution in [-0.4, -0.2) is 125 Å². The van der Waals surface area contributed by atoms with Gasteiger partial charge in [0.1, 0.15) is 5.75 Å². The molecule has 0 aromatic heterocycles. The molecule has 6 rings (SSSR count). The van der Waals surface area contributed by atoms with E-state index in [0.717, 1.165) is 49.7 Å². The number of phenolic OH excluding ortho intramolecular Hbond substituents is 1. The number of hydrogen-bond acceptors (Lipinski definition) is 6. The minimum atomic E-state index is -4.85. The number of anilines is 1. The standard InChI is InChI=1S/C36H46ClF3N6O4/c1-42-11-7-27(8-12-42)43-16-18-45(19-17-43)34(49)26(20-24-21-29(36(38,39)40)33(48)30(37)22-24)23-32(47)44-13-9-28(10-14-44)46-15-6-25-4-2-3-5-31(25)41-35(46)50/h2-5,21-22,26-28,48H,6-20,23H2,1H3,(H,41,50)/t26-/m1/s1. The second-order valence-corrected chi connectivity index (χ2v) is 14.5. The van der Waals surface area contributed by atoms with E-state index in [1.807, 2.05) is 29.2 Å². The van der Waals surface area contributed by atoms with Crippen LogP contribution in [0, 0.1) is 5.92 Å². The van der Waals surface area contributed by atoms with Crippen LogP contribution in [-0.2, 0) is 28.6 Å². The van der Waals surface area contributed by atoms with Crippen LogP contribution in [0.1, 0.15) is 48.8 Å². The van der Waals surface area contributed by atoms with Crippen molar-refractivity contribution in [2.45, 2.75) is 63.2 Å². The first-order valence-electron chi connectivity index (χ1n) is 17.6. The number of nitrogens with one attached hydrogen (secondary N) is 1. The Morgan fingerprint density at radius 2 is 1.58 bits per heavy atom. The highest BCUT2D eigenvalue weighted by atomic mass is 35.5. The summed E-state index contributed by atoms with van der Waals surface area (Å²) >= 11 is 6.03. The van der Waals surface area contributed by atoms with Gasteiger partial charge in [0.25, 0.3) is 0 Å². The van der Waals surface area contributed by atoms with Gasteiger partial charge in [-0.2, -0.15) is 13.2 Å². The number of aromatic hydroxyl groups is 1. The van der Waals surface area contributed by atoms with E-state index < -0.39 is 28.4 Å². The molecule has 14 heteroatoms. The SMILES string of the molecule is CN1CCC(N2CCN(C(=O)[C@@H](CC(=O)N3CCC(N4CCc5ccccc5NC4=O)CC3)Cc3cc(Cl)c(O)c(C(F)(F)F)c3)CC2)CC1. The van der Waals surface area contributed by atoms with Crippen molar-refractivity contribution in [2.75, 3.05) is 71.3 Å². The molecule has 0 saturated carbocycles. The Hall–Kier alpha value is -3.55. The molecule has 4 amide bonds. The molecular formula is C36H46ClF3N6O4. The summed E-state index contributed by atoms with van der Waals surface area (Å²) in [6.07, 6.45) is -1.13. The first kappa shape index (κ1) is 36.2. The maximum Gasteiger partial charge on any atom is 0.420 e. The minimum Gasteiger partial charge on any atom is -0.506 e. The number of rotatable bonds is 7. The summed E-state index contributed by atoms with van der Waals surface area (Å²) in [4.78, 5) is 50.9. The molecule has 50 heavy (non-hydrogen) atoms. The molecule has 0 aliphatic carbocycles. The monoisotopic (exact) mass is 718 g/mol. The highest BCUT2D eigenvalue weighted by molar-refractivity contribution is 6.32. The number of piperazine rings is 1. The fourth-order valence-corrected chi connectivity index (χ4v) is 8.19. The van der Waals surface area contributed by atoms with Crippen LogP contribution in [0.5, 0.6) is 5.75 Å². The van der Waals surface area contributed by atoms with Gasteiger partial charge in [-0.05, 0) is 88.0 Å². The van der Waals surface area contributed by atoms with Gasteiger partial charge in [-0.15, -0.1) is 0 Å². The zero-order chi connectivity index (χ0) is 35.6. The van der Waals surface area contributed by atoms with Gasteiger partial charge in [0.15, 0.2) is 0 Å². The largest absolute Gasteiger partial charge is 0.506 e. The number of para-hydroxylation sites is 1. The molecule has 1 atom stereocenters. The van der Waals surface area contributed by atoms with Gasteiger partial charge in [0.05, 0.1) is 16.5 Å². The topological polar surface area (TPSA) is 99.7 Å². The van der Waals surface area contributed by atoms with Crippen LogP contribution in [0.4, 0.5) is 23.7 Å². The summed E-state index contributed by atoms with van der Waals surface area (Å²) in [6.45, 7) is 5.79. The average molecular weight is 719 g/mol. The molecule has 0 radical (unpaired) electrons. The summed E-state index contributed by atoms with van der Waals surface area (Å²) in [5.74, 6) is -2.49. The Morgan fingerprint density at radius 1 is 0.920 bits per heavy atom. The third kappa shape index (κ3) is 8.32. The zero-order valence-corrected chi connectivity index (χ0v) is 29.2. The second kappa shape index (κ2) is 15.4. The predicted octanol–water partition coefficient (Wildman–Crippen LogP) is 4.93. The lowest BCUT2D eigenvalue weighted by atomic mass is 9.92. The van der Waals surface area contributed by atoms with E-state index in [9.17, 15) is 32.7 Å². The molecular weight excluding hydrogens is 673 g/mol. The van der Waals surface area contributed by atoms with Gasteiger partial charge < -0.3 is 30.0 Å². The minimum absolute atomic E-state index is 0.0495. The molecule has 2 aromatic carbocycles. The Labute approximate surface area is 296 Å². The van der Waals surface area contributed by atoms with Crippen molar-refractivity contribution in [3.63, 3.8) is 0 Å². The van der Waals surface area contributed by atoms with Crippen LogP contribution < -0.4 is 5.32 Å². The summed E-state index contributed by atoms with van der Waals surface area (Å²) < 4.78 is 41.3. The number of nitrogens with zero attached hydrogens (tertiary/aromatic N) is 5. The number of benzene rings is 2. The lowest BCUT2D eigenvalue weighted by Crippen LogP contribution is -2.55. The molecule has 4 heterocycles. The number of halogens is 4. The van der Waals surface area contributed by atoms with E-state index in [1.165, 1.54) is 6.07 Å². The van der Waals surface area contributed by atoms with Gasteiger partial charge in [-0.1, -0.05) is 29.8 Å². The van der Waals surface area contributed by atoms with E-state index in [-0.39, 0.29) is 42.3 Å². The van der Waals surface area contributed by atoms with E-state index in [4.69, 9.17) is 11.6 Å². The van der Waals surface area contributed by atoms with Crippen molar-refractivity contribution >= 4 is 35.1 Å². The molecule has 3 fully saturated rings. The maximum atomic E-state index is 14.1. The molecule has 0 bridgehead atoms. The molecule has 3 saturated heterocycles. The van der Waals surface area contributed by atoms with Crippen molar-refractivity contribution in [3.05, 3.63) is 58.1 Å². The normalized spacial score (nSPS) is 21.1. The average Bonchev–Trinajstić information content (AvgIpc) is 3.27. The van der Waals surface area contributed by atoms with E-state index in [1.54, 1.807) is 9.80 Å². The van der Waals surface area contributed by atoms with Crippen molar-refractivity contribution in [2.24, 2.45) is 5.92 Å². The molecule has 2 aromatic rings. The molecule has 4 aliphatic heterocycles. The van der Waals surface area contributed by atoms with Crippen molar-refractivity contribution in [3.8, 4) is 5.75 Å². The van der Waals surface area contributed by atoms with Crippen LogP contribution in [0.2, 0.25) is 5.02 Å². The van der Waals surface area contributed by atoms with Crippen molar-refractivity contribution in [1.82, 2.24) is 24.5 Å². The van der Waals surface area contributed by atoms with Crippen LogP contribution in [0.3, 0.4) is 0 Å². The lowest BCUT2D eigenvalue weighted by molar-refractivity contribution is -0.143. The predicted molar refractivity (Wildman–Crippen MR) is 184 cm³/mol. The highest BCUT2D eigenvalue weighted by Crippen LogP contribution is 2.41. The van der Waals surface area contributed by atoms with Crippen LogP contribution in [0.25, 0.3) is 0 Å². The van der Waals surface area contributed by atoms with E-state index in [2.05, 4.69) is 22.2 Å². The fourth-order valence-electron chi connectivity index (χ4n) is 7.95. The summed E-state index contributed by atoms with van der Waals surface area (Å²) in [5.41, 5.74) is 0.742. The first-order chi connectivity index (χ1) is 23.9. The zero-order valence-electron chi connectivity index (χ0n) is 28.4. The number of alkyl halides is 3. The fraction of sp³-hybridized carbons (Fsp3) is 0.583. The molecule has 2 N–H and O–H groups in total. The number of phenols is 1. The smallest absolute Gasteiger partial charge is 0.420 e. The van der Waals surface area contributed by atoms with Gasteiger partial charge in [-0.25, -0.2) is 4.79 Å². The van der Waals surface area contributed by atoms with E-state index >= 15 is 0 Å². The van der Waals surface area contributed by atoms with Gasteiger partial charge >= 0.3 is 12.2 Å². The number of urea groups is 1. The number of carbonyl (C=O) groups is 3. The summed E-state index contributed by atoms with van der Waals surface area (Å²) in [7, 11) is 2.11. The van der Waals surface area contributed by atoms with Crippen LogP contribution >= 0.6 is 11.6 Å². The Kier molecular flexibility index (Phi) is 11.1. The number of likely N-dealkylation sites (tertiary alicyclic amines) is 2. The molecule has 272 valence electrons. The third-order valence-corrected chi connectivity index (χ3v) is 11.2. The second-order valence-electron chi connectivity index (χ2n) is 14.1. The van der Waals surface area contributed by atoms with Gasteiger partial charge in [0, 0.05) is 70.0 Å². The number of fused-ring (bicyclic) bond motifs is 1. The quantitative estimate of drug-likeness (QED) is 0.422. The Morgan fingerprint density at radius 3 is 2.26 bits per heavy atom. The van der Waals surface area contributed by atoms with Gasteiger partial charge in [0.2, 0.25) is 11.8 Å². The number of carbonyl (C=O) groups excluding carboxylic acids is 3. The molecule has 10 nitrogen and oxygen atoms in total. The van der Waals surface area contributed by atoms with Crippen LogP contribution in [0.15, 0.2) is 36.4 Å². The molecule has 0 spiro atoms. The number of hydrogen-bond donors (Lipinski definition) is 2. The van der Waals surface area contributed by atoms with E-state index in [0.29, 0.717) is 64.7 Å². The Balaban J connectivity index is 1.12. The van der Waals surface area contributed by atoms with Crippen molar-refractivity contribution in [1.29, 1.82) is 0 Å². The van der Waals surface area contributed by atoms with Gasteiger partial charge in [-0.3, -0.25) is 14.5 Å². The highest BCUT2D eigenvalue weighted by Gasteiger charge is 2.38.